The molecule has 1 amide bonds. The molecule has 3 aromatic rings. The number of alkyl halides is 1. The van der Waals surface area contributed by atoms with Gasteiger partial charge in [-0.1, -0.05) is 0 Å². The Labute approximate surface area is 201 Å². The average Bonchev–Trinajstić information content (AvgIpc) is 3.53. The van der Waals surface area contributed by atoms with E-state index in [1.165, 1.54) is 4.90 Å². The van der Waals surface area contributed by atoms with E-state index in [0.717, 1.165) is 11.3 Å². The van der Waals surface area contributed by atoms with Crippen molar-refractivity contribution in [2.45, 2.75) is 43.6 Å². The first-order valence-electron chi connectivity index (χ1n) is 11.4. The van der Waals surface area contributed by atoms with Crippen LogP contribution in [0.2, 0.25) is 0 Å². The highest BCUT2D eigenvalue weighted by Crippen LogP contribution is 2.40. The number of halogens is 1. The summed E-state index contributed by atoms with van der Waals surface area (Å²) in [4.78, 5) is 18.7. The second-order valence-corrected chi connectivity index (χ2v) is 8.82. The fourth-order valence-corrected chi connectivity index (χ4v) is 5.15. The Balaban J connectivity index is 1.37. The first-order valence-corrected chi connectivity index (χ1v) is 11.4. The topological polar surface area (TPSA) is 106 Å². The highest BCUT2D eigenvalue weighted by molar-refractivity contribution is 5.70. The van der Waals surface area contributed by atoms with Gasteiger partial charge in [-0.25, -0.2) is 14.2 Å². The molecule has 2 aliphatic heterocycles. The lowest BCUT2D eigenvalue weighted by Crippen LogP contribution is -2.58. The Hall–Kier alpha value is -3.73. The predicted molar refractivity (Wildman–Crippen MR) is 125 cm³/mol. The maximum absolute atomic E-state index is 15.3. The van der Waals surface area contributed by atoms with Crippen molar-refractivity contribution in [2.75, 3.05) is 25.9 Å². The smallest absolute Gasteiger partial charge is 0.407 e. The lowest BCUT2D eigenvalue weighted by molar-refractivity contribution is 0.0489. The zero-order valence-electron chi connectivity index (χ0n) is 19.5. The van der Waals surface area contributed by atoms with E-state index in [0.29, 0.717) is 36.5 Å². The number of aromatic nitrogens is 4. The lowest BCUT2D eigenvalue weighted by Gasteiger charge is -2.43. The van der Waals surface area contributed by atoms with Crippen LogP contribution in [-0.2, 0) is 4.74 Å². The fraction of sp³-hybridized carbons (Fsp3) is 0.417. The standard InChI is InChI=1S/C24H27FN6O4/c1-29(20-11-16-4-7-19(23(20)25)31(16)24(32)33)22-8-6-18(27-28-22)17-5-3-15(30-10-9-26-13-30)12-21(17)35-14-34-2/h3,5-6,8-10,12-13,16,19-20,23H,4,7,11,14H2,1-2H3,(H,32,33)/t16-,19+,20-,23+/m0/s1. The van der Waals surface area contributed by atoms with Gasteiger partial charge in [0.25, 0.3) is 0 Å². The van der Waals surface area contributed by atoms with Gasteiger partial charge >= 0.3 is 6.09 Å². The monoisotopic (exact) mass is 482 g/mol. The van der Waals surface area contributed by atoms with Crippen LogP contribution in [0.3, 0.4) is 0 Å². The third-order valence-corrected chi connectivity index (χ3v) is 6.90. The number of ether oxygens (including phenoxy) is 2. The van der Waals surface area contributed by atoms with Crippen LogP contribution in [0.4, 0.5) is 15.0 Å². The van der Waals surface area contributed by atoms with Gasteiger partial charge in [-0.3, -0.25) is 4.90 Å². The summed E-state index contributed by atoms with van der Waals surface area (Å²) in [7, 11) is 3.33. The Kier molecular flexibility index (Phi) is 6.25. The summed E-state index contributed by atoms with van der Waals surface area (Å²) in [6.45, 7) is 0.0733. The Morgan fingerprint density at radius 3 is 2.80 bits per heavy atom. The zero-order chi connectivity index (χ0) is 24.5. The van der Waals surface area contributed by atoms with Crippen LogP contribution < -0.4 is 9.64 Å². The van der Waals surface area contributed by atoms with Crippen molar-refractivity contribution in [3.8, 4) is 22.7 Å². The molecule has 0 spiro atoms. The number of amides is 1. The second kappa shape index (κ2) is 9.49. The van der Waals surface area contributed by atoms with E-state index in [2.05, 4.69) is 15.2 Å². The number of piperidine rings is 1. The van der Waals surface area contributed by atoms with Crippen LogP contribution in [0.5, 0.6) is 5.75 Å². The van der Waals surface area contributed by atoms with E-state index in [4.69, 9.17) is 9.47 Å². The van der Waals surface area contributed by atoms with Crippen molar-refractivity contribution in [1.29, 1.82) is 0 Å². The van der Waals surface area contributed by atoms with Gasteiger partial charge in [-0.15, -0.1) is 10.2 Å². The molecule has 2 aliphatic rings. The summed E-state index contributed by atoms with van der Waals surface area (Å²) in [6, 6.07) is 8.07. The molecule has 10 nitrogen and oxygen atoms in total. The summed E-state index contributed by atoms with van der Waals surface area (Å²) >= 11 is 0. The van der Waals surface area contributed by atoms with Crippen molar-refractivity contribution >= 4 is 11.9 Å². The van der Waals surface area contributed by atoms with Gasteiger partial charge in [0.1, 0.15) is 11.9 Å². The molecule has 0 radical (unpaired) electrons. The van der Waals surface area contributed by atoms with Crippen molar-refractivity contribution in [3.05, 3.63) is 49.1 Å². The van der Waals surface area contributed by atoms with Crippen LogP contribution in [0.1, 0.15) is 19.3 Å². The van der Waals surface area contributed by atoms with Gasteiger partial charge in [-0.2, -0.15) is 0 Å². The molecule has 2 saturated heterocycles. The van der Waals surface area contributed by atoms with Crippen molar-refractivity contribution < 1.29 is 23.8 Å². The number of hydrogen-bond acceptors (Lipinski definition) is 7. The van der Waals surface area contributed by atoms with Crippen LogP contribution in [0.25, 0.3) is 16.9 Å². The number of fused-ring (bicyclic) bond motifs is 2. The summed E-state index contributed by atoms with van der Waals surface area (Å²) in [5.41, 5.74) is 2.21. The zero-order valence-corrected chi connectivity index (χ0v) is 19.5. The number of carbonyl (C=O) groups is 1. The summed E-state index contributed by atoms with van der Waals surface area (Å²) in [5, 5.41) is 18.2. The number of hydrogen-bond donors (Lipinski definition) is 1. The number of nitrogens with zero attached hydrogens (tertiary/aromatic N) is 6. The minimum atomic E-state index is -1.29. The van der Waals surface area contributed by atoms with Gasteiger partial charge in [0.15, 0.2) is 12.6 Å². The molecule has 4 heterocycles. The number of carboxylic acid groups (broad SMARTS) is 1. The Morgan fingerprint density at radius 1 is 1.26 bits per heavy atom. The quantitative estimate of drug-likeness (QED) is 0.511. The Bertz CT molecular complexity index is 1180. The molecule has 184 valence electrons. The maximum Gasteiger partial charge on any atom is 0.407 e. The van der Waals surface area contributed by atoms with E-state index in [1.807, 2.05) is 35.0 Å². The maximum atomic E-state index is 15.3. The van der Waals surface area contributed by atoms with Gasteiger partial charge < -0.3 is 24.0 Å². The number of anilines is 1. The molecule has 1 N–H and O–H groups in total. The van der Waals surface area contributed by atoms with Crippen molar-refractivity contribution in [1.82, 2.24) is 24.6 Å². The van der Waals surface area contributed by atoms with Crippen molar-refractivity contribution in [2.24, 2.45) is 0 Å². The SMILES string of the molecule is COCOc1cc(-n2ccnc2)ccc1-c1ccc(N(C)[C@H]2C[C@@H]3CC[C@H]([C@H]2F)N3C(=O)O)nn1. The van der Waals surface area contributed by atoms with E-state index < -0.39 is 24.3 Å². The molecule has 2 aromatic heterocycles. The van der Waals surface area contributed by atoms with Gasteiger partial charge in [0, 0.05) is 44.2 Å². The van der Waals surface area contributed by atoms with Crippen LogP contribution in [0, 0.1) is 0 Å². The van der Waals surface area contributed by atoms with Crippen molar-refractivity contribution in [3.63, 3.8) is 0 Å². The number of benzene rings is 1. The molecule has 0 aliphatic carbocycles. The van der Waals surface area contributed by atoms with Gasteiger partial charge in [0.05, 0.1) is 29.8 Å². The summed E-state index contributed by atoms with van der Waals surface area (Å²) in [5.74, 6) is 1.11. The van der Waals surface area contributed by atoms with Gasteiger partial charge in [-0.05, 0) is 43.5 Å². The Morgan fingerprint density at radius 2 is 2.11 bits per heavy atom. The van der Waals surface area contributed by atoms with Crippen LogP contribution in [0.15, 0.2) is 49.1 Å². The molecule has 5 rings (SSSR count). The molecule has 2 bridgehead atoms. The van der Waals surface area contributed by atoms with Gasteiger partial charge in [0.2, 0.25) is 0 Å². The van der Waals surface area contributed by atoms with E-state index in [9.17, 15) is 9.90 Å². The largest absolute Gasteiger partial charge is 0.467 e. The first-order chi connectivity index (χ1) is 17.0. The third-order valence-electron chi connectivity index (χ3n) is 6.90. The molecular formula is C24H27FN6O4. The van der Waals surface area contributed by atoms with Crippen LogP contribution >= 0.6 is 0 Å². The summed E-state index contributed by atoms with van der Waals surface area (Å²) < 4.78 is 28.1. The van der Waals surface area contributed by atoms with E-state index in [1.54, 1.807) is 37.6 Å². The number of rotatable bonds is 7. The molecular weight excluding hydrogens is 455 g/mol. The van der Waals surface area contributed by atoms with E-state index >= 15 is 4.39 Å². The van der Waals surface area contributed by atoms with E-state index in [-0.39, 0.29) is 12.8 Å². The molecule has 0 saturated carbocycles. The average molecular weight is 483 g/mol. The highest BCUT2D eigenvalue weighted by Gasteiger charge is 2.51. The fourth-order valence-electron chi connectivity index (χ4n) is 5.15. The second-order valence-electron chi connectivity index (χ2n) is 8.82. The molecule has 4 atom stereocenters. The molecule has 35 heavy (non-hydrogen) atoms. The molecule has 2 fully saturated rings. The normalized spacial score (nSPS) is 23.3. The first kappa shape index (κ1) is 23.0. The lowest BCUT2D eigenvalue weighted by atomic mass is 9.94. The predicted octanol–water partition coefficient (Wildman–Crippen LogP) is 3.37. The number of imidazole rings is 1. The third kappa shape index (κ3) is 4.27. The van der Waals surface area contributed by atoms with Crippen LogP contribution in [-0.4, -0.2) is 81.1 Å². The summed E-state index contributed by atoms with van der Waals surface area (Å²) in [6.07, 6.45) is 4.56. The molecule has 0 unspecified atom stereocenters. The minimum absolute atomic E-state index is 0.0733. The highest BCUT2D eigenvalue weighted by atomic mass is 19.1. The number of methoxy groups -OCH3 is 1. The molecule has 11 heteroatoms. The minimum Gasteiger partial charge on any atom is -0.467 e. The molecule has 1 aromatic carbocycles.